The summed E-state index contributed by atoms with van der Waals surface area (Å²) in [4.78, 5) is 0. The van der Waals surface area contributed by atoms with Gasteiger partial charge in [0, 0.05) is 18.3 Å². The zero-order chi connectivity index (χ0) is 17.8. The molecule has 2 saturated carbocycles. The molecule has 0 aliphatic heterocycles. The molecule has 0 heterocycles. The molecule has 4 aliphatic rings. The second-order valence-corrected chi connectivity index (χ2v) is 9.10. The quantitative estimate of drug-likeness (QED) is 0.393. The summed E-state index contributed by atoms with van der Waals surface area (Å²) in [7, 11) is 3.26. The standard InChI is InChI=1S/C22H27O2Si/c1-14-11-20-19-5-3-15-12-16(23)4-6-17(15)18(19)7-8-21(20,2)22(24,13-14)9-10-25/h3,12,17-20,23-24H,1,4-8,11,13H2,2H3/t17-,18+,19+,20-,21-,22-/m0/s1. The van der Waals surface area contributed by atoms with Gasteiger partial charge in [0.25, 0.3) is 0 Å². The van der Waals surface area contributed by atoms with Crippen molar-refractivity contribution in [1.29, 1.82) is 0 Å². The molecule has 0 amide bonds. The van der Waals surface area contributed by atoms with Crippen LogP contribution in [0, 0.1) is 40.6 Å². The Bertz CT molecular complexity index is 724. The van der Waals surface area contributed by atoms with Crippen LogP contribution in [0.5, 0.6) is 0 Å². The molecule has 0 saturated heterocycles. The van der Waals surface area contributed by atoms with Crippen molar-refractivity contribution in [1.82, 2.24) is 0 Å². The van der Waals surface area contributed by atoms with Crippen LogP contribution < -0.4 is 0 Å². The van der Waals surface area contributed by atoms with Gasteiger partial charge in [-0.3, -0.25) is 0 Å². The molecule has 3 radical (unpaired) electrons. The van der Waals surface area contributed by atoms with Gasteiger partial charge in [-0.2, -0.15) is 0 Å². The molecule has 6 atom stereocenters. The second kappa shape index (κ2) is 5.89. The van der Waals surface area contributed by atoms with Crippen molar-refractivity contribution in [2.45, 2.75) is 57.5 Å². The first kappa shape index (κ1) is 17.2. The minimum Gasteiger partial charge on any atom is -0.512 e. The zero-order valence-electron chi connectivity index (χ0n) is 15.0. The molecular weight excluding hydrogens is 324 g/mol. The molecule has 0 aromatic heterocycles. The van der Waals surface area contributed by atoms with Gasteiger partial charge in [-0.25, -0.2) is 0 Å². The van der Waals surface area contributed by atoms with E-state index in [4.69, 9.17) is 0 Å². The molecule has 3 heteroatoms. The number of allylic oxidation sites excluding steroid dienone is 4. The van der Waals surface area contributed by atoms with Gasteiger partial charge in [0.05, 0.1) is 5.76 Å². The molecule has 131 valence electrons. The van der Waals surface area contributed by atoms with E-state index in [1.165, 1.54) is 5.57 Å². The van der Waals surface area contributed by atoms with Gasteiger partial charge in [-0.15, -0.1) is 5.54 Å². The summed E-state index contributed by atoms with van der Waals surface area (Å²) in [6.45, 7) is 6.49. The van der Waals surface area contributed by atoms with E-state index in [-0.39, 0.29) is 5.41 Å². The Morgan fingerprint density at radius 1 is 1.32 bits per heavy atom. The summed E-state index contributed by atoms with van der Waals surface area (Å²) >= 11 is 0. The first-order valence-corrected chi connectivity index (χ1v) is 10.1. The highest BCUT2D eigenvalue weighted by Crippen LogP contribution is 2.63. The lowest BCUT2D eigenvalue weighted by molar-refractivity contribution is -0.137. The Labute approximate surface area is 154 Å². The van der Waals surface area contributed by atoms with E-state index in [1.54, 1.807) is 0 Å². The molecule has 0 spiro atoms. The fraction of sp³-hybridized carbons (Fsp3) is 0.636. The maximum absolute atomic E-state index is 11.4. The summed E-state index contributed by atoms with van der Waals surface area (Å²) in [5.74, 6) is 5.88. The fourth-order valence-corrected chi connectivity index (χ4v) is 6.60. The van der Waals surface area contributed by atoms with E-state index in [2.05, 4.69) is 41.3 Å². The smallest absolute Gasteiger partial charge is 0.147 e. The van der Waals surface area contributed by atoms with Gasteiger partial charge < -0.3 is 10.2 Å². The minimum atomic E-state index is -0.978. The van der Waals surface area contributed by atoms with Gasteiger partial charge in [-0.1, -0.05) is 31.1 Å². The highest BCUT2D eigenvalue weighted by Gasteiger charge is 2.60. The van der Waals surface area contributed by atoms with Gasteiger partial charge in [0.1, 0.15) is 15.8 Å². The lowest BCUT2D eigenvalue weighted by Gasteiger charge is -2.60. The summed E-state index contributed by atoms with van der Waals surface area (Å²) in [5.41, 5.74) is 4.13. The zero-order valence-corrected chi connectivity index (χ0v) is 16.0. The molecule has 0 unspecified atom stereocenters. The lowest BCUT2D eigenvalue weighted by atomic mass is 9.45. The second-order valence-electron chi connectivity index (χ2n) is 8.85. The minimum absolute atomic E-state index is 0.174. The number of aliphatic hydroxyl groups excluding tert-OH is 1. The van der Waals surface area contributed by atoms with Crippen LogP contribution in [0.2, 0.25) is 0 Å². The molecular formula is C22H27O2Si. The van der Waals surface area contributed by atoms with Gasteiger partial charge in [0.2, 0.25) is 0 Å². The number of fused-ring (bicyclic) bond motifs is 5. The summed E-state index contributed by atoms with van der Waals surface area (Å²) < 4.78 is 0. The van der Waals surface area contributed by atoms with Crippen LogP contribution in [-0.2, 0) is 0 Å². The molecule has 0 aromatic rings. The van der Waals surface area contributed by atoms with Gasteiger partial charge >= 0.3 is 0 Å². The highest BCUT2D eigenvalue weighted by atomic mass is 28.1. The van der Waals surface area contributed by atoms with Crippen LogP contribution in [-0.4, -0.2) is 26.1 Å². The molecule has 4 aliphatic carbocycles. The van der Waals surface area contributed by atoms with E-state index in [0.29, 0.717) is 35.9 Å². The number of aliphatic hydroxyl groups is 2. The normalized spacial score (nSPS) is 45.8. The Balaban J connectivity index is 1.72. The Morgan fingerprint density at radius 2 is 2.12 bits per heavy atom. The van der Waals surface area contributed by atoms with Crippen molar-refractivity contribution in [2.75, 3.05) is 0 Å². The molecule has 2 nitrogen and oxygen atoms in total. The first-order chi connectivity index (χ1) is 11.9. The van der Waals surface area contributed by atoms with Crippen molar-refractivity contribution >= 4 is 10.2 Å². The monoisotopic (exact) mass is 351 g/mol. The van der Waals surface area contributed by atoms with Crippen LogP contribution >= 0.6 is 0 Å². The average molecular weight is 352 g/mol. The van der Waals surface area contributed by atoms with Crippen molar-refractivity contribution in [2.24, 2.45) is 29.1 Å². The SMILES string of the molecule is C=C1C[C@H]2[C@@H]3CC=C4C=C(O)CC[C@@H]4[C@H]3CC[C@]2(C)[C@](O)(C#C[Si])C1. The van der Waals surface area contributed by atoms with Crippen LogP contribution in [0.4, 0.5) is 0 Å². The summed E-state index contributed by atoms with van der Waals surface area (Å²) in [6, 6.07) is 0. The van der Waals surface area contributed by atoms with Crippen LogP contribution in [0.15, 0.2) is 35.6 Å². The lowest BCUT2D eigenvalue weighted by Crippen LogP contribution is -2.59. The molecule has 25 heavy (non-hydrogen) atoms. The molecule has 0 bridgehead atoms. The highest BCUT2D eigenvalue weighted by molar-refractivity contribution is 6.22. The Hall–Kier alpha value is -1.24. The van der Waals surface area contributed by atoms with E-state index < -0.39 is 5.60 Å². The topological polar surface area (TPSA) is 40.5 Å². The van der Waals surface area contributed by atoms with Crippen molar-refractivity contribution in [3.05, 3.63) is 35.6 Å². The third-order valence-corrected chi connectivity index (χ3v) is 7.85. The maximum atomic E-state index is 11.4. The number of hydrogen-bond acceptors (Lipinski definition) is 2. The molecule has 4 rings (SSSR count). The van der Waals surface area contributed by atoms with Crippen LogP contribution in [0.1, 0.15) is 51.9 Å². The Morgan fingerprint density at radius 3 is 2.88 bits per heavy atom. The molecule has 2 N–H and O–H groups in total. The first-order valence-electron chi connectivity index (χ1n) is 9.55. The van der Waals surface area contributed by atoms with Crippen molar-refractivity contribution in [3.63, 3.8) is 0 Å². The van der Waals surface area contributed by atoms with E-state index >= 15 is 0 Å². The van der Waals surface area contributed by atoms with Crippen molar-refractivity contribution < 1.29 is 10.2 Å². The third kappa shape index (κ3) is 2.49. The number of rotatable bonds is 0. The van der Waals surface area contributed by atoms with Gasteiger partial charge in [0.15, 0.2) is 0 Å². The predicted molar refractivity (Wildman–Crippen MR) is 101 cm³/mol. The molecule has 0 aromatic carbocycles. The van der Waals surface area contributed by atoms with E-state index in [0.717, 1.165) is 44.1 Å². The maximum Gasteiger partial charge on any atom is 0.147 e. The third-order valence-electron chi connectivity index (χ3n) is 7.73. The Kier molecular flexibility index (Phi) is 4.05. The predicted octanol–water partition coefficient (Wildman–Crippen LogP) is 4.03. The summed E-state index contributed by atoms with van der Waals surface area (Å²) in [5, 5.41) is 21.3. The van der Waals surface area contributed by atoms with Crippen molar-refractivity contribution in [3.8, 4) is 11.5 Å². The molecule has 2 fully saturated rings. The van der Waals surface area contributed by atoms with Gasteiger partial charge in [-0.05, 0) is 67.4 Å². The fourth-order valence-electron chi connectivity index (χ4n) is 6.39. The van der Waals surface area contributed by atoms with Crippen LogP contribution in [0.3, 0.4) is 0 Å². The van der Waals surface area contributed by atoms with Crippen LogP contribution in [0.25, 0.3) is 0 Å². The average Bonchev–Trinajstić information content (AvgIpc) is 2.56. The summed E-state index contributed by atoms with van der Waals surface area (Å²) in [6.07, 6.45) is 11.0. The van der Waals surface area contributed by atoms with E-state index in [1.807, 2.05) is 6.08 Å². The van der Waals surface area contributed by atoms with E-state index in [9.17, 15) is 10.2 Å². The number of hydrogen-bond donors (Lipinski definition) is 2. The largest absolute Gasteiger partial charge is 0.512 e.